The van der Waals surface area contributed by atoms with Gasteiger partial charge in [-0.2, -0.15) is 0 Å². The molecule has 2 aromatic carbocycles. The minimum Gasteiger partial charge on any atom is -0.380 e. The van der Waals surface area contributed by atoms with Gasteiger partial charge in [-0.25, -0.2) is 0 Å². The van der Waals surface area contributed by atoms with Crippen molar-refractivity contribution in [3.63, 3.8) is 0 Å². The fraction of sp³-hybridized carbons (Fsp3) is 0.0769. The number of benzene rings is 2. The summed E-state index contributed by atoms with van der Waals surface area (Å²) in [4.78, 5) is 10.3. The number of hydrogen-bond acceptors (Lipinski definition) is 3. The Morgan fingerprint density at radius 2 is 1.85 bits per heavy atom. The Labute approximate surface area is 130 Å². The highest BCUT2D eigenvalue weighted by Crippen LogP contribution is 2.29. The summed E-state index contributed by atoms with van der Waals surface area (Å²) < 4.78 is 0. The van der Waals surface area contributed by atoms with Gasteiger partial charge in [-0.05, 0) is 17.7 Å². The predicted octanol–water partition coefficient (Wildman–Crippen LogP) is 5.17. The predicted molar refractivity (Wildman–Crippen MR) is 81.9 cm³/mol. The van der Waals surface area contributed by atoms with Crippen LogP contribution in [-0.4, -0.2) is 4.92 Å². The molecule has 0 aromatic heterocycles. The number of halogens is 3. The van der Waals surface area contributed by atoms with Crippen LogP contribution in [0.25, 0.3) is 0 Å². The Morgan fingerprint density at radius 3 is 2.55 bits per heavy atom. The van der Waals surface area contributed by atoms with E-state index in [1.807, 2.05) is 6.07 Å². The van der Waals surface area contributed by atoms with Crippen LogP contribution in [0.2, 0.25) is 15.1 Å². The summed E-state index contributed by atoms with van der Waals surface area (Å²) in [7, 11) is 0. The zero-order valence-corrected chi connectivity index (χ0v) is 12.3. The number of rotatable bonds is 4. The van der Waals surface area contributed by atoms with Crippen LogP contribution in [-0.2, 0) is 6.54 Å². The zero-order chi connectivity index (χ0) is 14.7. The third kappa shape index (κ3) is 3.33. The maximum absolute atomic E-state index is 10.7. The molecule has 0 heterocycles. The van der Waals surface area contributed by atoms with E-state index >= 15 is 0 Å². The fourth-order valence-corrected chi connectivity index (χ4v) is 2.21. The second-order valence-corrected chi connectivity index (χ2v) is 5.18. The fourth-order valence-electron chi connectivity index (χ4n) is 1.64. The molecule has 0 radical (unpaired) electrons. The van der Waals surface area contributed by atoms with Gasteiger partial charge >= 0.3 is 0 Å². The standard InChI is InChI=1S/C13H9Cl3N2O2/c14-10-5-4-9(18(19)20)6-12(10)17-7-8-2-1-3-11(15)13(8)16/h1-6,17H,7H2. The van der Waals surface area contributed by atoms with Crippen molar-refractivity contribution >= 4 is 46.2 Å². The molecule has 0 unspecified atom stereocenters. The Bertz CT molecular complexity index is 662. The van der Waals surface area contributed by atoms with Crippen LogP contribution in [0.3, 0.4) is 0 Å². The van der Waals surface area contributed by atoms with E-state index in [1.165, 1.54) is 18.2 Å². The summed E-state index contributed by atoms with van der Waals surface area (Å²) in [5.74, 6) is 0. The molecule has 0 saturated carbocycles. The molecule has 0 spiro atoms. The lowest BCUT2D eigenvalue weighted by molar-refractivity contribution is -0.384. The number of nitrogens with zero attached hydrogens (tertiary/aromatic N) is 1. The molecule has 0 aliphatic heterocycles. The normalized spacial score (nSPS) is 10.3. The van der Waals surface area contributed by atoms with Crippen molar-refractivity contribution in [1.82, 2.24) is 0 Å². The summed E-state index contributed by atoms with van der Waals surface area (Å²) in [6.45, 7) is 0.361. The van der Waals surface area contributed by atoms with Crippen molar-refractivity contribution < 1.29 is 4.92 Å². The van der Waals surface area contributed by atoms with Gasteiger partial charge in [0.1, 0.15) is 0 Å². The van der Waals surface area contributed by atoms with Crippen LogP contribution in [0.15, 0.2) is 36.4 Å². The molecule has 0 atom stereocenters. The van der Waals surface area contributed by atoms with E-state index in [4.69, 9.17) is 34.8 Å². The van der Waals surface area contributed by atoms with E-state index in [-0.39, 0.29) is 5.69 Å². The van der Waals surface area contributed by atoms with E-state index in [0.717, 1.165) is 5.56 Å². The number of nitro groups is 1. The van der Waals surface area contributed by atoms with Gasteiger partial charge in [-0.15, -0.1) is 0 Å². The maximum Gasteiger partial charge on any atom is 0.271 e. The topological polar surface area (TPSA) is 55.2 Å². The first kappa shape index (κ1) is 14.9. The average Bonchev–Trinajstić information content (AvgIpc) is 2.41. The average molecular weight is 332 g/mol. The molecule has 0 amide bonds. The van der Waals surface area contributed by atoms with Crippen LogP contribution >= 0.6 is 34.8 Å². The Balaban J connectivity index is 2.20. The molecule has 2 rings (SSSR count). The SMILES string of the molecule is O=[N+]([O-])c1ccc(Cl)c(NCc2cccc(Cl)c2Cl)c1. The van der Waals surface area contributed by atoms with Crippen molar-refractivity contribution in [3.8, 4) is 0 Å². The first-order valence-corrected chi connectivity index (χ1v) is 6.73. The number of hydrogen-bond donors (Lipinski definition) is 1. The van der Waals surface area contributed by atoms with Crippen molar-refractivity contribution in [2.24, 2.45) is 0 Å². The van der Waals surface area contributed by atoms with E-state index in [1.54, 1.807) is 12.1 Å². The van der Waals surface area contributed by atoms with Gasteiger partial charge in [0.25, 0.3) is 5.69 Å². The van der Waals surface area contributed by atoms with Gasteiger partial charge < -0.3 is 5.32 Å². The second-order valence-electron chi connectivity index (χ2n) is 3.99. The van der Waals surface area contributed by atoms with Gasteiger partial charge in [0.2, 0.25) is 0 Å². The molecule has 2 aromatic rings. The molecule has 7 heteroatoms. The highest BCUT2D eigenvalue weighted by Gasteiger charge is 2.10. The summed E-state index contributed by atoms with van der Waals surface area (Å²) in [5.41, 5.74) is 1.22. The number of anilines is 1. The zero-order valence-electron chi connectivity index (χ0n) is 10.1. The molecule has 0 aliphatic rings. The third-order valence-electron chi connectivity index (χ3n) is 2.66. The summed E-state index contributed by atoms with van der Waals surface area (Å²) >= 11 is 18.0. The quantitative estimate of drug-likeness (QED) is 0.621. The van der Waals surface area contributed by atoms with Crippen LogP contribution in [0.1, 0.15) is 5.56 Å². The molecular weight excluding hydrogens is 323 g/mol. The van der Waals surface area contributed by atoms with Gasteiger partial charge in [0, 0.05) is 18.7 Å². The summed E-state index contributed by atoms with van der Waals surface area (Å²) in [5, 5.41) is 15.0. The summed E-state index contributed by atoms with van der Waals surface area (Å²) in [6, 6.07) is 9.47. The molecule has 4 nitrogen and oxygen atoms in total. The van der Waals surface area contributed by atoms with Crippen LogP contribution in [0.5, 0.6) is 0 Å². The maximum atomic E-state index is 10.7. The Morgan fingerprint density at radius 1 is 1.10 bits per heavy atom. The molecule has 104 valence electrons. The van der Waals surface area contributed by atoms with E-state index < -0.39 is 4.92 Å². The lowest BCUT2D eigenvalue weighted by Crippen LogP contribution is -2.01. The third-order valence-corrected chi connectivity index (χ3v) is 3.85. The van der Waals surface area contributed by atoms with Crippen LogP contribution in [0.4, 0.5) is 11.4 Å². The highest BCUT2D eigenvalue weighted by molar-refractivity contribution is 6.42. The monoisotopic (exact) mass is 330 g/mol. The van der Waals surface area contributed by atoms with Gasteiger partial charge in [0.05, 0.1) is 25.7 Å². The molecular formula is C13H9Cl3N2O2. The molecule has 0 saturated heterocycles. The number of nitrogens with one attached hydrogen (secondary N) is 1. The molecule has 0 fully saturated rings. The van der Waals surface area contributed by atoms with Gasteiger partial charge in [0.15, 0.2) is 0 Å². The van der Waals surface area contributed by atoms with Crippen LogP contribution < -0.4 is 5.32 Å². The first-order chi connectivity index (χ1) is 9.49. The van der Waals surface area contributed by atoms with Crippen molar-refractivity contribution in [3.05, 3.63) is 67.1 Å². The Hall–Kier alpha value is -1.49. The number of non-ortho nitro benzene ring substituents is 1. The van der Waals surface area contributed by atoms with Crippen molar-refractivity contribution in [2.75, 3.05) is 5.32 Å². The Kier molecular flexibility index (Phi) is 4.70. The van der Waals surface area contributed by atoms with E-state index in [9.17, 15) is 10.1 Å². The minimum absolute atomic E-state index is 0.0332. The second kappa shape index (κ2) is 6.31. The molecule has 0 bridgehead atoms. The highest BCUT2D eigenvalue weighted by atomic mass is 35.5. The lowest BCUT2D eigenvalue weighted by Gasteiger charge is -2.10. The summed E-state index contributed by atoms with van der Waals surface area (Å²) in [6.07, 6.45) is 0. The largest absolute Gasteiger partial charge is 0.380 e. The molecule has 0 aliphatic carbocycles. The minimum atomic E-state index is -0.478. The van der Waals surface area contributed by atoms with Crippen molar-refractivity contribution in [1.29, 1.82) is 0 Å². The first-order valence-electron chi connectivity index (χ1n) is 5.59. The smallest absolute Gasteiger partial charge is 0.271 e. The van der Waals surface area contributed by atoms with Gasteiger partial charge in [-0.1, -0.05) is 46.9 Å². The lowest BCUT2D eigenvalue weighted by atomic mass is 10.2. The van der Waals surface area contributed by atoms with Gasteiger partial charge in [-0.3, -0.25) is 10.1 Å². The van der Waals surface area contributed by atoms with E-state index in [0.29, 0.717) is 27.3 Å². The van der Waals surface area contributed by atoms with Crippen LogP contribution in [0, 0.1) is 10.1 Å². The van der Waals surface area contributed by atoms with Crippen molar-refractivity contribution in [2.45, 2.75) is 6.54 Å². The molecule has 20 heavy (non-hydrogen) atoms. The number of nitro benzene ring substituents is 1. The molecule has 1 N–H and O–H groups in total. The van der Waals surface area contributed by atoms with E-state index in [2.05, 4.69) is 5.32 Å².